The van der Waals surface area contributed by atoms with Crippen LogP contribution in [0.5, 0.6) is 0 Å². The predicted octanol–water partition coefficient (Wildman–Crippen LogP) is 2.00. The van der Waals surface area contributed by atoms with Crippen LogP contribution in [0.2, 0.25) is 0 Å². The van der Waals surface area contributed by atoms with Crippen LogP contribution < -0.4 is 4.90 Å². The van der Waals surface area contributed by atoms with Gasteiger partial charge in [-0.3, -0.25) is 0 Å². The van der Waals surface area contributed by atoms with Gasteiger partial charge in [-0.1, -0.05) is 18.2 Å². The van der Waals surface area contributed by atoms with Gasteiger partial charge in [-0.25, -0.2) is 4.79 Å². The molecular weight excluding hydrogens is 214 g/mol. The zero-order chi connectivity index (χ0) is 11.8. The number of carbonyl (C=O) groups excluding carboxylic acids is 1. The van der Waals surface area contributed by atoms with E-state index >= 15 is 0 Å². The summed E-state index contributed by atoms with van der Waals surface area (Å²) in [6.07, 6.45) is 3.34. The number of rotatable bonds is 3. The average molecular weight is 231 g/mol. The number of esters is 1. The van der Waals surface area contributed by atoms with Gasteiger partial charge in [-0.2, -0.15) is 0 Å². The summed E-state index contributed by atoms with van der Waals surface area (Å²) in [5.74, 6) is 0.415. The van der Waals surface area contributed by atoms with Crippen molar-refractivity contribution < 1.29 is 9.53 Å². The number of ether oxygens (including phenoxy) is 1. The molecule has 1 aliphatic carbocycles. The standard InChI is InChI=1S/C14H17NO2/c1-17-14(16)13(11-6-7-11)15-9-8-10-4-2-3-5-12(10)15/h2-5,11,13H,6-9H2,1H3. The highest BCUT2D eigenvalue weighted by atomic mass is 16.5. The number of benzene rings is 1. The minimum atomic E-state index is -0.0794. The zero-order valence-corrected chi connectivity index (χ0v) is 10.1. The number of hydrogen-bond donors (Lipinski definition) is 0. The van der Waals surface area contributed by atoms with Crippen molar-refractivity contribution in [2.75, 3.05) is 18.6 Å². The van der Waals surface area contributed by atoms with Gasteiger partial charge in [0.2, 0.25) is 0 Å². The highest BCUT2D eigenvalue weighted by molar-refractivity contribution is 5.82. The molecule has 1 aliphatic heterocycles. The number of anilines is 1. The highest BCUT2D eigenvalue weighted by Crippen LogP contribution is 2.40. The first-order valence-electron chi connectivity index (χ1n) is 6.23. The Balaban J connectivity index is 1.91. The molecule has 1 unspecified atom stereocenters. The Hall–Kier alpha value is -1.51. The fourth-order valence-corrected chi connectivity index (χ4v) is 2.76. The largest absolute Gasteiger partial charge is 0.467 e. The van der Waals surface area contributed by atoms with Crippen LogP contribution >= 0.6 is 0 Å². The Labute approximate surface area is 101 Å². The molecule has 0 N–H and O–H groups in total. The van der Waals surface area contributed by atoms with Crippen molar-refractivity contribution in [2.24, 2.45) is 5.92 Å². The topological polar surface area (TPSA) is 29.5 Å². The number of methoxy groups -OCH3 is 1. The van der Waals surface area contributed by atoms with E-state index in [1.807, 2.05) is 6.07 Å². The van der Waals surface area contributed by atoms with Gasteiger partial charge >= 0.3 is 5.97 Å². The van der Waals surface area contributed by atoms with Gasteiger partial charge in [0.1, 0.15) is 6.04 Å². The third-order valence-electron chi connectivity index (χ3n) is 3.77. The summed E-state index contributed by atoms with van der Waals surface area (Å²) >= 11 is 0. The molecule has 1 heterocycles. The van der Waals surface area contributed by atoms with E-state index in [1.165, 1.54) is 18.4 Å². The lowest BCUT2D eigenvalue weighted by molar-refractivity contribution is -0.142. The predicted molar refractivity (Wildman–Crippen MR) is 66.0 cm³/mol. The minimum absolute atomic E-state index is 0.0661. The van der Waals surface area contributed by atoms with Gasteiger partial charge in [-0.15, -0.1) is 0 Å². The van der Waals surface area contributed by atoms with Crippen molar-refractivity contribution in [3.8, 4) is 0 Å². The maximum atomic E-state index is 11.9. The van der Waals surface area contributed by atoms with E-state index < -0.39 is 0 Å². The molecule has 3 heteroatoms. The van der Waals surface area contributed by atoms with E-state index in [0.29, 0.717) is 5.92 Å². The van der Waals surface area contributed by atoms with Crippen LogP contribution in [0.15, 0.2) is 24.3 Å². The van der Waals surface area contributed by atoms with Crippen LogP contribution in [0, 0.1) is 5.92 Å². The molecule has 1 aromatic rings. The SMILES string of the molecule is COC(=O)C(C1CC1)N1CCc2ccccc21. The molecule has 2 aliphatic rings. The Morgan fingerprint density at radius 3 is 2.88 bits per heavy atom. The van der Waals surface area contributed by atoms with Crippen LogP contribution in [0.4, 0.5) is 5.69 Å². The first kappa shape index (κ1) is 10.6. The smallest absolute Gasteiger partial charge is 0.328 e. The summed E-state index contributed by atoms with van der Waals surface area (Å²) in [4.78, 5) is 14.2. The summed E-state index contributed by atoms with van der Waals surface area (Å²) in [7, 11) is 1.49. The van der Waals surface area contributed by atoms with Crippen molar-refractivity contribution >= 4 is 11.7 Å². The third-order valence-corrected chi connectivity index (χ3v) is 3.77. The summed E-state index contributed by atoms with van der Waals surface area (Å²) in [5, 5.41) is 0. The quantitative estimate of drug-likeness (QED) is 0.745. The monoisotopic (exact) mass is 231 g/mol. The van der Waals surface area contributed by atoms with E-state index in [1.54, 1.807) is 0 Å². The number of hydrogen-bond acceptors (Lipinski definition) is 3. The first-order valence-corrected chi connectivity index (χ1v) is 6.23. The Morgan fingerprint density at radius 1 is 1.41 bits per heavy atom. The van der Waals surface area contributed by atoms with E-state index in [4.69, 9.17) is 4.74 Å². The van der Waals surface area contributed by atoms with Gasteiger partial charge in [0.25, 0.3) is 0 Å². The summed E-state index contributed by atoms with van der Waals surface area (Å²) in [6.45, 7) is 0.940. The molecule has 17 heavy (non-hydrogen) atoms. The van der Waals surface area contributed by atoms with Crippen LogP contribution in [0.25, 0.3) is 0 Å². The average Bonchev–Trinajstić information content (AvgIpc) is 3.10. The van der Waals surface area contributed by atoms with E-state index in [9.17, 15) is 4.79 Å². The Kier molecular flexibility index (Phi) is 2.54. The van der Waals surface area contributed by atoms with Crippen molar-refractivity contribution in [3.63, 3.8) is 0 Å². The van der Waals surface area contributed by atoms with Crippen LogP contribution in [-0.4, -0.2) is 25.7 Å². The maximum absolute atomic E-state index is 11.9. The lowest BCUT2D eigenvalue weighted by Gasteiger charge is -2.28. The van der Waals surface area contributed by atoms with Gasteiger partial charge in [-0.05, 0) is 36.8 Å². The molecule has 0 saturated heterocycles. The van der Waals surface area contributed by atoms with Crippen molar-refractivity contribution in [1.82, 2.24) is 0 Å². The second kappa shape index (κ2) is 4.06. The molecule has 0 spiro atoms. The first-order chi connectivity index (χ1) is 8.31. The summed E-state index contributed by atoms with van der Waals surface area (Å²) in [6, 6.07) is 8.30. The second-order valence-corrected chi connectivity index (χ2v) is 4.88. The lowest BCUT2D eigenvalue weighted by atomic mass is 10.1. The van der Waals surface area contributed by atoms with E-state index in [-0.39, 0.29) is 12.0 Å². The molecule has 0 radical (unpaired) electrons. The molecule has 0 amide bonds. The van der Waals surface area contributed by atoms with Gasteiger partial charge < -0.3 is 9.64 Å². The molecule has 0 bridgehead atoms. The molecule has 3 rings (SSSR count). The number of fused-ring (bicyclic) bond motifs is 1. The molecule has 3 nitrogen and oxygen atoms in total. The van der Waals surface area contributed by atoms with Gasteiger partial charge in [0.15, 0.2) is 0 Å². The molecule has 90 valence electrons. The van der Waals surface area contributed by atoms with E-state index in [2.05, 4.69) is 23.1 Å². The lowest BCUT2D eigenvalue weighted by Crippen LogP contribution is -2.42. The third kappa shape index (κ3) is 1.79. The normalized spacial score (nSPS) is 19.9. The molecule has 0 aromatic heterocycles. The zero-order valence-electron chi connectivity index (χ0n) is 10.1. The van der Waals surface area contributed by atoms with Crippen LogP contribution in [0.1, 0.15) is 18.4 Å². The molecule has 1 fully saturated rings. The molecular formula is C14H17NO2. The van der Waals surface area contributed by atoms with Crippen molar-refractivity contribution in [1.29, 1.82) is 0 Å². The minimum Gasteiger partial charge on any atom is -0.467 e. The summed E-state index contributed by atoms with van der Waals surface area (Å²) in [5.41, 5.74) is 2.57. The Bertz CT molecular complexity index is 440. The number of carbonyl (C=O) groups is 1. The van der Waals surface area contributed by atoms with Gasteiger partial charge in [0, 0.05) is 12.2 Å². The fraction of sp³-hybridized carbons (Fsp3) is 0.500. The van der Waals surface area contributed by atoms with Crippen molar-refractivity contribution in [3.05, 3.63) is 29.8 Å². The Morgan fingerprint density at radius 2 is 2.18 bits per heavy atom. The van der Waals surface area contributed by atoms with Gasteiger partial charge in [0.05, 0.1) is 7.11 Å². The van der Waals surface area contributed by atoms with E-state index in [0.717, 1.165) is 25.8 Å². The van der Waals surface area contributed by atoms with Crippen LogP contribution in [0.3, 0.4) is 0 Å². The second-order valence-electron chi connectivity index (χ2n) is 4.88. The molecule has 1 saturated carbocycles. The fourth-order valence-electron chi connectivity index (χ4n) is 2.76. The van der Waals surface area contributed by atoms with Crippen LogP contribution in [-0.2, 0) is 16.0 Å². The molecule has 1 atom stereocenters. The number of para-hydroxylation sites is 1. The highest BCUT2D eigenvalue weighted by Gasteiger charge is 2.42. The maximum Gasteiger partial charge on any atom is 0.328 e. The van der Waals surface area contributed by atoms with Crippen molar-refractivity contribution in [2.45, 2.75) is 25.3 Å². The number of nitrogens with zero attached hydrogens (tertiary/aromatic N) is 1. The summed E-state index contributed by atoms with van der Waals surface area (Å²) < 4.78 is 4.96. The molecule has 1 aromatic carbocycles.